The van der Waals surface area contributed by atoms with Gasteiger partial charge in [-0.15, -0.1) is 0 Å². The van der Waals surface area contributed by atoms with E-state index in [1.165, 1.54) is 5.56 Å². The average Bonchev–Trinajstić information content (AvgIpc) is 2.63. The number of aromatic nitrogens is 1. The molecule has 2 rings (SSSR count). The first-order chi connectivity index (χ1) is 8.46. The van der Waals surface area contributed by atoms with Crippen molar-refractivity contribution in [2.24, 2.45) is 5.41 Å². The van der Waals surface area contributed by atoms with Crippen molar-refractivity contribution in [2.75, 3.05) is 6.61 Å². The lowest BCUT2D eigenvalue weighted by molar-refractivity contribution is -0.114. The molecule has 0 aromatic carbocycles. The summed E-state index contributed by atoms with van der Waals surface area (Å²) in [5, 5.41) is 7.58. The predicted octanol–water partition coefficient (Wildman–Crippen LogP) is 2.58. The van der Waals surface area contributed by atoms with Crippen molar-refractivity contribution in [3.05, 3.63) is 17.0 Å². The zero-order valence-electron chi connectivity index (χ0n) is 12.0. The second-order valence-electron chi connectivity index (χ2n) is 5.74. The van der Waals surface area contributed by atoms with Gasteiger partial charge in [-0.25, -0.2) is 0 Å². The van der Waals surface area contributed by atoms with Crippen LogP contribution < -0.4 is 5.32 Å². The summed E-state index contributed by atoms with van der Waals surface area (Å²) in [5.74, 6) is 0.915. The van der Waals surface area contributed by atoms with Crippen molar-refractivity contribution in [1.82, 2.24) is 10.5 Å². The van der Waals surface area contributed by atoms with Gasteiger partial charge in [0.1, 0.15) is 5.76 Å². The normalized spacial score (nSPS) is 26.1. The molecular weight excluding hydrogens is 228 g/mol. The van der Waals surface area contributed by atoms with Crippen molar-refractivity contribution in [2.45, 2.75) is 59.7 Å². The molecule has 0 amide bonds. The zero-order chi connectivity index (χ0) is 13.3. The van der Waals surface area contributed by atoms with Gasteiger partial charge >= 0.3 is 0 Å². The molecule has 4 nitrogen and oxygen atoms in total. The van der Waals surface area contributed by atoms with E-state index in [-0.39, 0.29) is 5.41 Å². The van der Waals surface area contributed by atoms with Crippen LogP contribution in [0.1, 0.15) is 44.2 Å². The fraction of sp³-hybridized carbons (Fsp3) is 0.786. The Balaban J connectivity index is 1.89. The highest BCUT2D eigenvalue weighted by Gasteiger charge is 2.48. The van der Waals surface area contributed by atoms with Crippen LogP contribution in [0.25, 0.3) is 0 Å². The molecule has 1 fully saturated rings. The van der Waals surface area contributed by atoms with Gasteiger partial charge < -0.3 is 14.6 Å². The Kier molecular flexibility index (Phi) is 3.78. The summed E-state index contributed by atoms with van der Waals surface area (Å²) in [5.41, 5.74) is 2.37. The summed E-state index contributed by atoms with van der Waals surface area (Å²) in [6.07, 6.45) is 1.47. The molecule has 0 bridgehead atoms. The fourth-order valence-electron chi connectivity index (χ4n) is 2.70. The first-order valence-corrected chi connectivity index (χ1v) is 6.73. The average molecular weight is 252 g/mol. The maximum absolute atomic E-state index is 5.74. The van der Waals surface area contributed by atoms with Crippen molar-refractivity contribution >= 4 is 0 Å². The minimum Gasteiger partial charge on any atom is -0.378 e. The van der Waals surface area contributed by atoms with Gasteiger partial charge in [-0.1, -0.05) is 19.0 Å². The Morgan fingerprint density at radius 2 is 2.17 bits per heavy atom. The van der Waals surface area contributed by atoms with Gasteiger partial charge in [-0.2, -0.15) is 0 Å². The van der Waals surface area contributed by atoms with E-state index in [1.807, 2.05) is 13.8 Å². The molecule has 2 atom stereocenters. The number of hydrogen-bond donors (Lipinski definition) is 1. The van der Waals surface area contributed by atoms with Crippen LogP contribution in [0.5, 0.6) is 0 Å². The standard InChI is InChI=1S/C14H24N2O2/c1-6-17-13-7-12(14(13,4)5)15-8-11-9(2)16-18-10(11)3/h12-13,15H,6-8H2,1-5H3. The molecule has 102 valence electrons. The molecule has 1 aliphatic carbocycles. The van der Waals surface area contributed by atoms with E-state index in [0.29, 0.717) is 12.1 Å². The number of hydrogen-bond acceptors (Lipinski definition) is 4. The van der Waals surface area contributed by atoms with E-state index in [9.17, 15) is 0 Å². The summed E-state index contributed by atoms with van der Waals surface area (Å²) in [6.45, 7) is 12.2. The van der Waals surface area contributed by atoms with Crippen molar-refractivity contribution in [3.8, 4) is 0 Å². The Hall–Kier alpha value is -0.870. The van der Waals surface area contributed by atoms with Crippen LogP contribution in [0.4, 0.5) is 0 Å². The minimum absolute atomic E-state index is 0.203. The summed E-state index contributed by atoms with van der Waals surface area (Å²) in [7, 11) is 0. The molecule has 1 N–H and O–H groups in total. The van der Waals surface area contributed by atoms with E-state index >= 15 is 0 Å². The van der Waals surface area contributed by atoms with Gasteiger partial charge in [0.25, 0.3) is 0 Å². The molecule has 4 heteroatoms. The lowest BCUT2D eigenvalue weighted by Crippen LogP contribution is -2.60. The molecule has 1 saturated carbocycles. The van der Waals surface area contributed by atoms with Crippen LogP contribution in [-0.4, -0.2) is 23.9 Å². The molecule has 0 saturated heterocycles. The lowest BCUT2D eigenvalue weighted by Gasteiger charge is -2.52. The quantitative estimate of drug-likeness (QED) is 0.875. The largest absolute Gasteiger partial charge is 0.378 e. The Bertz CT molecular complexity index is 392. The van der Waals surface area contributed by atoms with Gasteiger partial charge in [0.05, 0.1) is 11.8 Å². The van der Waals surface area contributed by atoms with E-state index in [4.69, 9.17) is 9.26 Å². The lowest BCUT2D eigenvalue weighted by atomic mass is 9.64. The first-order valence-electron chi connectivity index (χ1n) is 6.73. The molecule has 18 heavy (non-hydrogen) atoms. The van der Waals surface area contributed by atoms with E-state index in [2.05, 4.69) is 31.2 Å². The number of ether oxygens (including phenoxy) is 1. The zero-order valence-corrected chi connectivity index (χ0v) is 12.0. The second-order valence-corrected chi connectivity index (χ2v) is 5.74. The second kappa shape index (κ2) is 5.02. The van der Waals surface area contributed by atoms with Gasteiger partial charge in [-0.05, 0) is 27.2 Å². The molecule has 0 radical (unpaired) electrons. The third kappa shape index (κ3) is 2.31. The monoisotopic (exact) mass is 252 g/mol. The van der Waals surface area contributed by atoms with E-state index < -0.39 is 0 Å². The Morgan fingerprint density at radius 3 is 2.67 bits per heavy atom. The van der Waals surface area contributed by atoms with Crippen molar-refractivity contribution in [3.63, 3.8) is 0 Å². The van der Waals surface area contributed by atoms with Crippen LogP contribution >= 0.6 is 0 Å². The SMILES string of the molecule is CCOC1CC(NCc2c(C)noc2C)C1(C)C. The molecule has 1 aromatic rings. The van der Waals surface area contributed by atoms with Gasteiger partial charge in [0, 0.05) is 30.2 Å². The smallest absolute Gasteiger partial charge is 0.138 e. The maximum atomic E-state index is 5.74. The predicted molar refractivity (Wildman–Crippen MR) is 70.4 cm³/mol. The van der Waals surface area contributed by atoms with Crippen LogP contribution in [-0.2, 0) is 11.3 Å². The molecule has 1 aliphatic rings. The number of nitrogens with zero attached hydrogens (tertiary/aromatic N) is 1. The van der Waals surface area contributed by atoms with Crippen molar-refractivity contribution in [1.29, 1.82) is 0 Å². The number of nitrogens with one attached hydrogen (secondary N) is 1. The fourth-order valence-corrected chi connectivity index (χ4v) is 2.70. The van der Waals surface area contributed by atoms with Crippen LogP contribution in [0.3, 0.4) is 0 Å². The van der Waals surface area contributed by atoms with Gasteiger partial charge in [-0.3, -0.25) is 0 Å². The van der Waals surface area contributed by atoms with Crippen LogP contribution in [0.15, 0.2) is 4.52 Å². The number of aryl methyl sites for hydroxylation is 2. The van der Waals surface area contributed by atoms with E-state index in [1.54, 1.807) is 0 Å². The first kappa shape index (κ1) is 13.6. The van der Waals surface area contributed by atoms with Crippen molar-refractivity contribution < 1.29 is 9.26 Å². The molecule has 2 unspecified atom stereocenters. The summed E-state index contributed by atoms with van der Waals surface area (Å²) in [4.78, 5) is 0. The Labute approximate surface area is 109 Å². The molecule has 0 aliphatic heterocycles. The Morgan fingerprint density at radius 1 is 1.44 bits per heavy atom. The van der Waals surface area contributed by atoms with Crippen LogP contribution in [0.2, 0.25) is 0 Å². The topological polar surface area (TPSA) is 47.3 Å². The molecule has 1 heterocycles. The number of rotatable bonds is 5. The van der Waals surface area contributed by atoms with E-state index in [0.717, 1.165) is 31.0 Å². The maximum Gasteiger partial charge on any atom is 0.138 e. The highest BCUT2D eigenvalue weighted by molar-refractivity contribution is 5.21. The van der Waals surface area contributed by atoms with Gasteiger partial charge in [0.15, 0.2) is 0 Å². The summed E-state index contributed by atoms with van der Waals surface area (Å²) >= 11 is 0. The highest BCUT2D eigenvalue weighted by Crippen LogP contribution is 2.42. The molecular formula is C14H24N2O2. The van der Waals surface area contributed by atoms with Gasteiger partial charge in [0.2, 0.25) is 0 Å². The van der Waals surface area contributed by atoms with Crippen LogP contribution in [0, 0.1) is 19.3 Å². The summed E-state index contributed by atoms with van der Waals surface area (Å²) in [6, 6.07) is 0.503. The minimum atomic E-state index is 0.203. The molecule has 1 aromatic heterocycles. The third-order valence-electron chi connectivity index (χ3n) is 4.25. The highest BCUT2D eigenvalue weighted by atomic mass is 16.5. The third-order valence-corrected chi connectivity index (χ3v) is 4.25. The summed E-state index contributed by atoms with van der Waals surface area (Å²) < 4.78 is 10.9. The molecule has 0 spiro atoms.